The zero-order chi connectivity index (χ0) is 12.3. The molecule has 2 aromatic rings. The van der Waals surface area contributed by atoms with Crippen molar-refractivity contribution in [3.8, 4) is 6.07 Å². The second-order valence-corrected chi connectivity index (χ2v) is 4.02. The average molecular weight is 225 g/mol. The van der Waals surface area contributed by atoms with Gasteiger partial charge in [0.15, 0.2) is 0 Å². The van der Waals surface area contributed by atoms with E-state index in [1.54, 1.807) is 12.1 Å². The van der Waals surface area contributed by atoms with Gasteiger partial charge in [-0.15, -0.1) is 0 Å². The first-order valence-electron chi connectivity index (χ1n) is 5.42. The van der Waals surface area contributed by atoms with Crippen LogP contribution in [-0.2, 0) is 0 Å². The maximum absolute atomic E-state index is 12.8. The van der Waals surface area contributed by atoms with E-state index in [1.807, 2.05) is 31.2 Å². The number of nitriles is 1. The van der Waals surface area contributed by atoms with Crippen LogP contribution in [-0.4, -0.2) is 0 Å². The number of benzene rings is 2. The Hall–Kier alpha value is -2.14. The van der Waals surface area contributed by atoms with E-state index in [0.29, 0.717) is 0 Å². The van der Waals surface area contributed by atoms with Gasteiger partial charge < -0.3 is 0 Å². The highest BCUT2D eigenvalue weighted by Gasteiger charge is 2.12. The third kappa shape index (κ3) is 2.51. The number of aryl methyl sites for hydroxylation is 1. The average Bonchev–Trinajstić information content (AvgIpc) is 2.35. The van der Waals surface area contributed by atoms with Crippen molar-refractivity contribution in [1.82, 2.24) is 0 Å². The fourth-order valence-electron chi connectivity index (χ4n) is 1.76. The van der Waals surface area contributed by atoms with Gasteiger partial charge in [-0.25, -0.2) is 4.39 Å². The number of halogens is 1. The van der Waals surface area contributed by atoms with Crippen LogP contribution in [0.5, 0.6) is 0 Å². The topological polar surface area (TPSA) is 23.8 Å². The van der Waals surface area contributed by atoms with Gasteiger partial charge in [0.1, 0.15) is 5.82 Å². The van der Waals surface area contributed by atoms with Crippen molar-refractivity contribution in [3.05, 3.63) is 71.0 Å². The normalized spacial score (nSPS) is 11.8. The van der Waals surface area contributed by atoms with Gasteiger partial charge in [0.2, 0.25) is 0 Å². The van der Waals surface area contributed by atoms with E-state index in [4.69, 9.17) is 0 Å². The number of hydrogen-bond donors (Lipinski definition) is 0. The molecule has 0 saturated heterocycles. The molecule has 0 fully saturated rings. The van der Waals surface area contributed by atoms with Crippen LogP contribution in [0, 0.1) is 24.1 Å². The highest BCUT2D eigenvalue weighted by Crippen LogP contribution is 2.24. The lowest BCUT2D eigenvalue weighted by Gasteiger charge is -2.10. The molecule has 0 saturated carbocycles. The monoisotopic (exact) mass is 225 g/mol. The molecule has 17 heavy (non-hydrogen) atoms. The van der Waals surface area contributed by atoms with Gasteiger partial charge in [0.05, 0.1) is 12.0 Å². The van der Waals surface area contributed by atoms with Gasteiger partial charge in [0, 0.05) is 0 Å². The molecule has 2 heteroatoms. The summed E-state index contributed by atoms with van der Waals surface area (Å²) in [6.07, 6.45) is 0. The molecule has 0 amide bonds. The van der Waals surface area contributed by atoms with Gasteiger partial charge >= 0.3 is 0 Å². The molecular formula is C15H12FN. The summed E-state index contributed by atoms with van der Waals surface area (Å²) >= 11 is 0. The summed E-state index contributed by atoms with van der Waals surface area (Å²) in [5, 5.41) is 9.23. The number of rotatable bonds is 2. The number of nitrogens with zero attached hydrogens (tertiary/aromatic N) is 1. The third-order valence-electron chi connectivity index (χ3n) is 2.74. The van der Waals surface area contributed by atoms with Crippen LogP contribution in [0.2, 0.25) is 0 Å². The fraction of sp³-hybridized carbons (Fsp3) is 0.133. The predicted octanol–water partition coefficient (Wildman–Crippen LogP) is 3.79. The Labute approximate surface area is 100 Å². The molecule has 84 valence electrons. The van der Waals surface area contributed by atoms with Crippen LogP contribution in [0.1, 0.15) is 22.6 Å². The Balaban J connectivity index is 2.37. The SMILES string of the molecule is Cc1ccc(C(C#N)c2ccc(F)cc2)cc1. The molecule has 0 aromatic heterocycles. The quantitative estimate of drug-likeness (QED) is 0.762. The van der Waals surface area contributed by atoms with Gasteiger partial charge in [-0.3, -0.25) is 0 Å². The van der Waals surface area contributed by atoms with Crippen LogP contribution in [0.15, 0.2) is 48.5 Å². The molecule has 2 rings (SSSR count). The Bertz CT molecular complexity index is 489. The summed E-state index contributed by atoms with van der Waals surface area (Å²) in [6.45, 7) is 2.00. The van der Waals surface area contributed by atoms with Gasteiger partial charge in [0.25, 0.3) is 0 Å². The van der Waals surface area contributed by atoms with E-state index < -0.39 is 0 Å². The second-order valence-electron chi connectivity index (χ2n) is 4.02. The highest BCUT2D eigenvalue weighted by atomic mass is 19.1. The third-order valence-corrected chi connectivity index (χ3v) is 2.74. The molecular weight excluding hydrogens is 213 g/mol. The molecule has 1 atom stereocenters. The predicted molar refractivity (Wildman–Crippen MR) is 65.0 cm³/mol. The van der Waals surface area contributed by atoms with E-state index in [1.165, 1.54) is 12.1 Å². The lowest BCUT2D eigenvalue weighted by molar-refractivity contribution is 0.627. The summed E-state index contributed by atoms with van der Waals surface area (Å²) in [4.78, 5) is 0. The minimum Gasteiger partial charge on any atom is -0.207 e. The van der Waals surface area contributed by atoms with E-state index in [2.05, 4.69) is 6.07 Å². The summed E-state index contributed by atoms with van der Waals surface area (Å²) in [6, 6.07) is 16.2. The Kier molecular flexibility index (Phi) is 3.20. The smallest absolute Gasteiger partial charge is 0.123 e. The summed E-state index contributed by atoms with van der Waals surface area (Å²) in [5.41, 5.74) is 2.91. The largest absolute Gasteiger partial charge is 0.207 e. The standard InChI is InChI=1S/C15H12FN/c1-11-2-4-12(5-3-11)15(10-17)13-6-8-14(16)9-7-13/h2-9,15H,1H3. The number of hydrogen-bond acceptors (Lipinski definition) is 1. The van der Waals surface area contributed by atoms with Gasteiger partial charge in [-0.1, -0.05) is 42.0 Å². The van der Waals surface area contributed by atoms with Crippen LogP contribution >= 0.6 is 0 Å². The molecule has 0 aliphatic carbocycles. The van der Waals surface area contributed by atoms with E-state index in [0.717, 1.165) is 16.7 Å². The zero-order valence-corrected chi connectivity index (χ0v) is 9.52. The van der Waals surface area contributed by atoms with Crippen molar-refractivity contribution < 1.29 is 4.39 Å². The maximum atomic E-state index is 12.8. The van der Waals surface area contributed by atoms with Gasteiger partial charge in [-0.2, -0.15) is 5.26 Å². The molecule has 1 nitrogen and oxygen atoms in total. The van der Waals surface area contributed by atoms with Crippen molar-refractivity contribution in [2.75, 3.05) is 0 Å². The maximum Gasteiger partial charge on any atom is 0.123 e. The zero-order valence-electron chi connectivity index (χ0n) is 9.52. The van der Waals surface area contributed by atoms with Crippen LogP contribution in [0.25, 0.3) is 0 Å². The lowest BCUT2D eigenvalue weighted by Crippen LogP contribution is -1.98. The van der Waals surface area contributed by atoms with Crippen molar-refractivity contribution in [2.45, 2.75) is 12.8 Å². The molecule has 2 aromatic carbocycles. The second kappa shape index (κ2) is 4.80. The molecule has 0 radical (unpaired) electrons. The van der Waals surface area contributed by atoms with Gasteiger partial charge in [-0.05, 0) is 30.2 Å². The minimum atomic E-state index is -0.337. The first-order valence-corrected chi connectivity index (χ1v) is 5.42. The van der Waals surface area contributed by atoms with E-state index in [9.17, 15) is 9.65 Å². The Morgan fingerprint density at radius 2 is 1.41 bits per heavy atom. The Morgan fingerprint density at radius 1 is 0.941 bits per heavy atom. The summed E-state index contributed by atoms with van der Waals surface area (Å²) < 4.78 is 12.8. The molecule has 0 spiro atoms. The van der Waals surface area contributed by atoms with Crippen molar-refractivity contribution >= 4 is 0 Å². The first kappa shape index (κ1) is 11.3. The van der Waals surface area contributed by atoms with Crippen LogP contribution < -0.4 is 0 Å². The molecule has 0 N–H and O–H groups in total. The van der Waals surface area contributed by atoms with E-state index in [-0.39, 0.29) is 11.7 Å². The first-order chi connectivity index (χ1) is 8.20. The molecule has 0 heterocycles. The fourth-order valence-corrected chi connectivity index (χ4v) is 1.76. The molecule has 0 aliphatic heterocycles. The molecule has 1 unspecified atom stereocenters. The Morgan fingerprint density at radius 3 is 1.88 bits per heavy atom. The highest BCUT2D eigenvalue weighted by molar-refractivity contribution is 5.38. The minimum absolute atomic E-state index is 0.283. The summed E-state index contributed by atoms with van der Waals surface area (Å²) in [5.74, 6) is -0.620. The molecule has 0 bridgehead atoms. The summed E-state index contributed by atoms with van der Waals surface area (Å²) in [7, 11) is 0. The van der Waals surface area contributed by atoms with Crippen LogP contribution in [0.4, 0.5) is 4.39 Å². The van der Waals surface area contributed by atoms with E-state index >= 15 is 0 Å². The van der Waals surface area contributed by atoms with Crippen molar-refractivity contribution in [3.63, 3.8) is 0 Å². The lowest BCUT2D eigenvalue weighted by atomic mass is 9.92. The van der Waals surface area contributed by atoms with Crippen molar-refractivity contribution in [2.24, 2.45) is 0 Å². The molecule has 0 aliphatic rings. The van der Waals surface area contributed by atoms with Crippen molar-refractivity contribution in [1.29, 1.82) is 5.26 Å². The van der Waals surface area contributed by atoms with Crippen LogP contribution in [0.3, 0.4) is 0 Å².